The minimum absolute atomic E-state index is 0.117. The van der Waals surface area contributed by atoms with Gasteiger partial charge in [0.15, 0.2) is 0 Å². The SMILES string of the molecule is C=C(c1cccc(SC)c1)C(C)N(C(=O)c1c(C(F)F)nn(C)c1F)C1CC1. The van der Waals surface area contributed by atoms with E-state index in [4.69, 9.17) is 0 Å². The molecule has 0 aliphatic heterocycles. The Labute approximate surface area is 166 Å². The van der Waals surface area contributed by atoms with Gasteiger partial charge >= 0.3 is 0 Å². The number of carbonyl (C=O) groups excluding carboxylic acids is 1. The first-order valence-electron chi connectivity index (χ1n) is 8.92. The highest BCUT2D eigenvalue weighted by atomic mass is 32.2. The molecule has 4 nitrogen and oxygen atoms in total. The van der Waals surface area contributed by atoms with Gasteiger partial charge in [0, 0.05) is 18.0 Å². The smallest absolute Gasteiger partial charge is 0.283 e. The molecule has 1 heterocycles. The van der Waals surface area contributed by atoms with E-state index in [0.717, 1.165) is 23.3 Å². The van der Waals surface area contributed by atoms with E-state index in [2.05, 4.69) is 11.7 Å². The Hall–Kier alpha value is -2.22. The van der Waals surface area contributed by atoms with Crippen molar-refractivity contribution in [3.05, 3.63) is 53.6 Å². The van der Waals surface area contributed by atoms with Gasteiger partial charge in [-0.2, -0.15) is 9.49 Å². The second-order valence-electron chi connectivity index (χ2n) is 6.85. The van der Waals surface area contributed by atoms with E-state index >= 15 is 0 Å². The summed E-state index contributed by atoms with van der Waals surface area (Å²) in [4.78, 5) is 15.7. The third kappa shape index (κ3) is 3.83. The molecule has 1 fully saturated rings. The van der Waals surface area contributed by atoms with Gasteiger partial charge in [0.05, 0.1) is 6.04 Å². The monoisotopic (exact) mass is 409 g/mol. The lowest BCUT2D eigenvalue weighted by molar-refractivity contribution is 0.0698. The van der Waals surface area contributed by atoms with Crippen LogP contribution in [-0.2, 0) is 7.05 Å². The highest BCUT2D eigenvalue weighted by Crippen LogP contribution is 2.36. The van der Waals surface area contributed by atoms with Crippen LogP contribution >= 0.6 is 11.8 Å². The van der Waals surface area contributed by atoms with Crippen LogP contribution in [0.2, 0.25) is 0 Å². The lowest BCUT2D eigenvalue weighted by Gasteiger charge is -2.31. The first kappa shape index (κ1) is 20.5. The summed E-state index contributed by atoms with van der Waals surface area (Å²) in [6, 6.07) is 7.14. The topological polar surface area (TPSA) is 38.1 Å². The normalized spacial score (nSPS) is 15.0. The molecule has 1 aromatic heterocycles. The van der Waals surface area contributed by atoms with Crippen molar-refractivity contribution in [2.45, 2.75) is 43.2 Å². The zero-order chi connectivity index (χ0) is 20.6. The predicted molar refractivity (Wildman–Crippen MR) is 104 cm³/mol. The maximum absolute atomic E-state index is 14.5. The highest BCUT2D eigenvalue weighted by Gasteiger charge is 2.41. The molecule has 1 atom stereocenters. The number of rotatable bonds is 7. The number of benzene rings is 1. The molecule has 1 saturated carbocycles. The van der Waals surface area contributed by atoms with Gasteiger partial charge in [0.2, 0.25) is 5.95 Å². The third-order valence-corrected chi connectivity index (χ3v) is 5.69. The molecule has 28 heavy (non-hydrogen) atoms. The summed E-state index contributed by atoms with van der Waals surface area (Å²) in [6.07, 6.45) is 0.426. The molecule has 3 rings (SSSR count). The van der Waals surface area contributed by atoms with Crippen LogP contribution in [0.3, 0.4) is 0 Å². The van der Waals surface area contributed by atoms with Crippen LogP contribution in [0.5, 0.6) is 0 Å². The number of hydrogen-bond donors (Lipinski definition) is 0. The summed E-state index contributed by atoms with van der Waals surface area (Å²) in [7, 11) is 1.20. The number of halogens is 3. The molecular formula is C20H22F3N3OS. The molecule has 1 aromatic carbocycles. The fraction of sp³-hybridized carbons (Fsp3) is 0.400. The average molecular weight is 409 g/mol. The fourth-order valence-electron chi connectivity index (χ4n) is 3.25. The number of carbonyl (C=O) groups is 1. The average Bonchev–Trinajstić information content (AvgIpc) is 3.46. The van der Waals surface area contributed by atoms with E-state index in [9.17, 15) is 18.0 Å². The largest absolute Gasteiger partial charge is 0.329 e. The van der Waals surface area contributed by atoms with Gasteiger partial charge in [-0.1, -0.05) is 18.7 Å². The van der Waals surface area contributed by atoms with Crippen molar-refractivity contribution in [1.82, 2.24) is 14.7 Å². The first-order chi connectivity index (χ1) is 13.3. The first-order valence-corrected chi connectivity index (χ1v) is 10.1. The second-order valence-corrected chi connectivity index (χ2v) is 7.73. The van der Waals surface area contributed by atoms with Crippen molar-refractivity contribution in [3.63, 3.8) is 0 Å². The predicted octanol–water partition coefficient (Wildman–Crippen LogP) is 4.93. The Morgan fingerprint density at radius 3 is 2.64 bits per heavy atom. The number of nitrogens with zero attached hydrogens (tertiary/aromatic N) is 3. The van der Waals surface area contributed by atoms with Crippen molar-refractivity contribution in [3.8, 4) is 0 Å². The Morgan fingerprint density at radius 1 is 1.39 bits per heavy atom. The van der Waals surface area contributed by atoms with Gasteiger partial charge in [-0.25, -0.2) is 13.5 Å². The summed E-state index contributed by atoms with van der Waals surface area (Å²) in [6.45, 7) is 5.92. The zero-order valence-electron chi connectivity index (χ0n) is 16.0. The van der Waals surface area contributed by atoms with Crippen LogP contribution in [0.4, 0.5) is 13.2 Å². The van der Waals surface area contributed by atoms with Crippen molar-refractivity contribution in [2.24, 2.45) is 7.05 Å². The standard InChI is InChI=1S/C20H22F3N3OS/c1-11(13-6-5-7-15(10-13)28-4)12(2)26(14-8-9-14)20(27)16-17(18(21)22)24-25(3)19(16)23/h5-7,10,12,14,18H,1,8-9H2,2-4H3. The maximum Gasteiger partial charge on any atom is 0.283 e. The lowest BCUT2D eigenvalue weighted by Crippen LogP contribution is -2.41. The van der Waals surface area contributed by atoms with Gasteiger partial charge in [0.25, 0.3) is 12.3 Å². The van der Waals surface area contributed by atoms with E-state index in [1.807, 2.05) is 30.5 Å². The number of aromatic nitrogens is 2. The third-order valence-electron chi connectivity index (χ3n) is 4.96. The van der Waals surface area contributed by atoms with Crippen molar-refractivity contribution < 1.29 is 18.0 Å². The number of hydrogen-bond acceptors (Lipinski definition) is 3. The lowest BCUT2D eigenvalue weighted by atomic mass is 9.99. The maximum atomic E-state index is 14.5. The minimum atomic E-state index is -3.03. The molecule has 1 aliphatic carbocycles. The summed E-state index contributed by atoms with van der Waals surface area (Å²) >= 11 is 1.59. The zero-order valence-corrected chi connectivity index (χ0v) is 16.8. The number of alkyl halides is 2. The molecule has 0 N–H and O–H groups in total. The van der Waals surface area contributed by atoms with Gasteiger partial charge in [-0.3, -0.25) is 4.79 Å². The summed E-state index contributed by atoms with van der Waals surface area (Å²) in [5.74, 6) is -1.81. The summed E-state index contributed by atoms with van der Waals surface area (Å²) < 4.78 is 41.8. The summed E-state index contributed by atoms with van der Waals surface area (Å²) in [5.41, 5.74) is 0.0670. The highest BCUT2D eigenvalue weighted by molar-refractivity contribution is 7.98. The Balaban J connectivity index is 1.96. The van der Waals surface area contributed by atoms with Crippen LogP contribution < -0.4 is 0 Å². The number of amides is 1. The molecule has 1 unspecified atom stereocenters. The van der Waals surface area contributed by atoms with Crippen molar-refractivity contribution in [2.75, 3.05) is 6.26 Å². The van der Waals surface area contributed by atoms with Crippen LogP contribution in [0.25, 0.3) is 5.57 Å². The Kier molecular flexibility index (Phi) is 5.88. The Morgan fingerprint density at radius 2 is 2.07 bits per heavy atom. The van der Waals surface area contributed by atoms with Gasteiger partial charge in [-0.05, 0) is 49.3 Å². The van der Waals surface area contributed by atoms with Gasteiger partial charge < -0.3 is 4.90 Å². The second kappa shape index (κ2) is 8.03. The molecule has 1 aliphatic rings. The summed E-state index contributed by atoms with van der Waals surface area (Å²) in [5, 5.41) is 3.50. The van der Waals surface area contributed by atoms with Crippen LogP contribution in [0.15, 0.2) is 35.7 Å². The van der Waals surface area contributed by atoms with E-state index in [0.29, 0.717) is 10.3 Å². The molecule has 0 spiro atoms. The van der Waals surface area contributed by atoms with Crippen molar-refractivity contribution >= 4 is 23.2 Å². The van der Waals surface area contributed by atoms with Crippen LogP contribution in [0.1, 0.15) is 47.8 Å². The van der Waals surface area contributed by atoms with Crippen LogP contribution in [0, 0.1) is 5.95 Å². The number of aryl methyl sites for hydroxylation is 1. The molecule has 0 radical (unpaired) electrons. The molecule has 150 valence electrons. The molecule has 8 heteroatoms. The molecule has 2 aromatic rings. The molecule has 0 saturated heterocycles. The number of thioether (sulfide) groups is 1. The quantitative estimate of drug-likeness (QED) is 0.609. The molecule has 0 bridgehead atoms. The Bertz CT molecular complexity index is 908. The van der Waals surface area contributed by atoms with Gasteiger partial charge in [-0.15, -0.1) is 11.8 Å². The van der Waals surface area contributed by atoms with E-state index in [1.54, 1.807) is 18.7 Å². The van der Waals surface area contributed by atoms with Crippen LogP contribution in [-0.4, -0.2) is 38.9 Å². The van der Waals surface area contributed by atoms with Gasteiger partial charge in [0.1, 0.15) is 11.3 Å². The molecule has 1 amide bonds. The fourth-order valence-corrected chi connectivity index (χ4v) is 3.70. The molecular weight excluding hydrogens is 387 g/mol. The van der Waals surface area contributed by atoms with E-state index in [-0.39, 0.29) is 6.04 Å². The van der Waals surface area contributed by atoms with Crippen molar-refractivity contribution in [1.29, 1.82) is 0 Å². The van der Waals surface area contributed by atoms with E-state index < -0.39 is 35.6 Å². The van der Waals surface area contributed by atoms with E-state index in [1.165, 1.54) is 11.9 Å². The minimum Gasteiger partial charge on any atom is -0.329 e.